The summed E-state index contributed by atoms with van der Waals surface area (Å²) in [6.07, 6.45) is -0.0492. The standard InChI is InChI=1S/C19H19N3O4S/c1-21(17(24)10-20-18(25)14-7-8-27-12-14)15-9-16(23)22(19(15)26)11-13-5-3-2-4-6-13/h2-8,12,15H,9-11H2,1H3,(H,20,25). The molecule has 1 aliphatic rings. The Morgan fingerprint density at radius 3 is 2.63 bits per heavy atom. The molecule has 140 valence electrons. The summed E-state index contributed by atoms with van der Waals surface area (Å²) in [5.74, 6) is -1.48. The van der Waals surface area contributed by atoms with Gasteiger partial charge in [-0.25, -0.2) is 0 Å². The van der Waals surface area contributed by atoms with Crippen molar-refractivity contribution in [1.29, 1.82) is 0 Å². The highest BCUT2D eigenvalue weighted by molar-refractivity contribution is 7.08. The molecule has 0 radical (unpaired) electrons. The van der Waals surface area contributed by atoms with Gasteiger partial charge in [-0.15, -0.1) is 0 Å². The van der Waals surface area contributed by atoms with E-state index in [-0.39, 0.29) is 31.3 Å². The number of likely N-dealkylation sites (N-methyl/N-ethyl adjacent to an activating group) is 1. The van der Waals surface area contributed by atoms with Gasteiger partial charge in [-0.3, -0.25) is 24.1 Å². The van der Waals surface area contributed by atoms with Crippen LogP contribution < -0.4 is 5.32 Å². The summed E-state index contributed by atoms with van der Waals surface area (Å²) in [7, 11) is 1.47. The summed E-state index contributed by atoms with van der Waals surface area (Å²) < 4.78 is 0. The number of rotatable bonds is 6. The van der Waals surface area contributed by atoms with E-state index in [9.17, 15) is 19.2 Å². The van der Waals surface area contributed by atoms with Crippen LogP contribution in [0.25, 0.3) is 0 Å². The minimum Gasteiger partial charge on any atom is -0.343 e. The van der Waals surface area contributed by atoms with Crippen LogP contribution in [0.15, 0.2) is 47.2 Å². The summed E-state index contributed by atoms with van der Waals surface area (Å²) in [6, 6.07) is 10.0. The highest BCUT2D eigenvalue weighted by Crippen LogP contribution is 2.20. The van der Waals surface area contributed by atoms with E-state index in [1.807, 2.05) is 30.3 Å². The van der Waals surface area contributed by atoms with Crippen LogP contribution in [-0.2, 0) is 20.9 Å². The first-order valence-corrected chi connectivity index (χ1v) is 9.36. The second kappa shape index (κ2) is 8.13. The molecule has 2 aromatic rings. The Balaban J connectivity index is 1.58. The monoisotopic (exact) mass is 385 g/mol. The number of carbonyl (C=O) groups excluding carboxylic acids is 4. The zero-order valence-electron chi connectivity index (χ0n) is 14.8. The highest BCUT2D eigenvalue weighted by atomic mass is 32.1. The van der Waals surface area contributed by atoms with E-state index < -0.39 is 17.9 Å². The van der Waals surface area contributed by atoms with E-state index >= 15 is 0 Å². The van der Waals surface area contributed by atoms with Gasteiger partial charge in [-0.05, 0) is 17.0 Å². The van der Waals surface area contributed by atoms with E-state index in [1.165, 1.54) is 28.2 Å². The van der Waals surface area contributed by atoms with Crippen molar-refractivity contribution in [2.24, 2.45) is 0 Å². The summed E-state index contributed by atoms with van der Waals surface area (Å²) >= 11 is 1.39. The maximum atomic E-state index is 12.6. The van der Waals surface area contributed by atoms with E-state index in [0.29, 0.717) is 5.56 Å². The van der Waals surface area contributed by atoms with Crippen LogP contribution in [0.2, 0.25) is 0 Å². The Morgan fingerprint density at radius 2 is 1.96 bits per heavy atom. The topological polar surface area (TPSA) is 86.8 Å². The average Bonchev–Trinajstić information content (AvgIpc) is 3.30. The zero-order valence-corrected chi connectivity index (χ0v) is 15.6. The van der Waals surface area contributed by atoms with E-state index in [2.05, 4.69) is 5.32 Å². The van der Waals surface area contributed by atoms with E-state index in [4.69, 9.17) is 0 Å². The molecule has 2 heterocycles. The third-order valence-corrected chi connectivity index (χ3v) is 5.13. The molecule has 0 saturated carbocycles. The first-order chi connectivity index (χ1) is 13.0. The lowest BCUT2D eigenvalue weighted by molar-refractivity contribution is -0.143. The second-order valence-electron chi connectivity index (χ2n) is 6.22. The number of hydrogen-bond acceptors (Lipinski definition) is 5. The molecule has 4 amide bonds. The van der Waals surface area contributed by atoms with Gasteiger partial charge in [-0.2, -0.15) is 11.3 Å². The molecule has 1 atom stereocenters. The maximum Gasteiger partial charge on any atom is 0.252 e. The van der Waals surface area contributed by atoms with Gasteiger partial charge in [0.25, 0.3) is 11.8 Å². The molecular weight excluding hydrogens is 366 g/mol. The van der Waals surface area contributed by atoms with Crippen molar-refractivity contribution in [2.45, 2.75) is 19.0 Å². The van der Waals surface area contributed by atoms with Crippen molar-refractivity contribution >= 4 is 35.0 Å². The van der Waals surface area contributed by atoms with Gasteiger partial charge in [0.05, 0.1) is 19.5 Å². The van der Waals surface area contributed by atoms with Crippen molar-refractivity contribution < 1.29 is 19.2 Å². The number of nitrogens with one attached hydrogen (secondary N) is 1. The lowest BCUT2D eigenvalue weighted by atomic mass is 10.2. The van der Waals surface area contributed by atoms with Gasteiger partial charge in [0.2, 0.25) is 11.8 Å². The van der Waals surface area contributed by atoms with Crippen molar-refractivity contribution in [3.63, 3.8) is 0 Å². The lowest BCUT2D eigenvalue weighted by Gasteiger charge is -2.23. The van der Waals surface area contributed by atoms with Crippen LogP contribution in [0, 0.1) is 0 Å². The molecule has 0 bridgehead atoms. The molecular formula is C19H19N3O4S. The molecule has 1 unspecified atom stereocenters. The molecule has 3 rings (SSSR count). The zero-order chi connectivity index (χ0) is 19.4. The fourth-order valence-corrected chi connectivity index (χ4v) is 3.49. The number of likely N-dealkylation sites (tertiary alicyclic amines) is 1. The quantitative estimate of drug-likeness (QED) is 0.759. The van der Waals surface area contributed by atoms with Gasteiger partial charge in [0, 0.05) is 18.0 Å². The van der Waals surface area contributed by atoms with Crippen molar-refractivity contribution in [3.8, 4) is 0 Å². The Hall–Kier alpha value is -3.00. The molecule has 1 aromatic heterocycles. The number of hydrogen-bond donors (Lipinski definition) is 1. The molecule has 8 heteroatoms. The van der Waals surface area contributed by atoms with Crippen LogP contribution >= 0.6 is 11.3 Å². The summed E-state index contributed by atoms with van der Waals surface area (Å²) in [4.78, 5) is 51.5. The van der Waals surface area contributed by atoms with Crippen LogP contribution in [0.5, 0.6) is 0 Å². The fourth-order valence-electron chi connectivity index (χ4n) is 2.85. The summed E-state index contributed by atoms with van der Waals surface area (Å²) in [5.41, 5.74) is 1.33. The lowest BCUT2D eigenvalue weighted by Crippen LogP contribution is -2.46. The predicted molar refractivity (Wildman–Crippen MR) is 99.8 cm³/mol. The summed E-state index contributed by atoms with van der Waals surface area (Å²) in [6.45, 7) is -0.0479. The first-order valence-electron chi connectivity index (χ1n) is 8.41. The second-order valence-corrected chi connectivity index (χ2v) is 7.00. The molecule has 1 aliphatic heterocycles. The fraction of sp³-hybridized carbons (Fsp3) is 0.263. The average molecular weight is 385 g/mol. The molecule has 0 aliphatic carbocycles. The first kappa shape index (κ1) is 18.8. The third kappa shape index (κ3) is 4.22. The Labute approximate surface area is 160 Å². The number of imide groups is 1. The predicted octanol–water partition coefficient (Wildman–Crippen LogP) is 1.26. The molecule has 0 spiro atoms. The number of nitrogens with zero attached hydrogens (tertiary/aromatic N) is 2. The third-order valence-electron chi connectivity index (χ3n) is 4.45. The maximum absolute atomic E-state index is 12.6. The molecule has 1 fully saturated rings. The number of amides is 4. The molecule has 7 nitrogen and oxygen atoms in total. The van der Waals surface area contributed by atoms with E-state index in [0.717, 1.165) is 5.56 Å². The van der Waals surface area contributed by atoms with Crippen molar-refractivity contribution in [2.75, 3.05) is 13.6 Å². The number of thiophene rings is 1. The van der Waals surface area contributed by atoms with Crippen LogP contribution in [0.4, 0.5) is 0 Å². The smallest absolute Gasteiger partial charge is 0.252 e. The minimum absolute atomic E-state index is 0.0492. The molecule has 1 aromatic carbocycles. The minimum atomic E-state index is -0.841. The molecule has 1 N–H and O–H groups in total. The van der Waals surface area contributed by atoms with Gasteiger partial charge in [-0.1, -0.05) is 30.3 Å². The normalized spacial score (nSPS) is 16.5. The largest absolute Gasteiger partial charge is 0.343 e. The molecule has 1 saturated heterocycles. The van der Waals surface area contributed by atoms with E-state index in [1.54, 1.807) is 16.8 Å². The van der Waals surface area contributed by atoms with Crippen molar-refractivity contribution in [3.05, 3.63) is 58.3 Å². The van der Waals surface area contributed by atoms with Gasteiger partial charge < -0.3 is 10.2 Å². The number of benzene rings is 1. The highest BCUT2D eigenvalue weighted by Gasteiger charge is 2.42. The van der Waals surface area contributed by atoms with Gasteiger partial charge in [0.1, 0.15) is 6.04 Å². The number of carbonyl (C=O) groups is 4. The summed E-state index contributed by atoms with van der Waals surface area (Å²) in [5, 5.41) is 5.99. The SMILES string of the molecule is CN(C(=O)CNC(=O)c1ccsc1)C1CC(=O)N(Cc2ccccc2)C1=O. The van der Waals surface area contributed by atoms with Crippen LogP contribution in [0.1, 0.15) is 22.3 Å². The Kier molecular flexibility index (Phi) is 5.66. The molecule has 27 heavy (non-hydrogen) atoms. The van der Waals surface area contributed by atoms with Crippen molar-refractivity contribution in [1.82, 2.24) is 15.1 Å². The Morgan fingerprint density at radius 1 is 1.22 bits per heavy atom. The van der Waals surface area contributed by atoms with Crippen LogP contribution in [0.3, 0.4) is 0 Å². The van der Waals surface area contributed by atoms with Crippen LogP contribution in [-0.4, -0.2) is 53.1 Å². The Bertz CT molecular complexity index is 851. The van der Waals surface area contributed by atoms with Gasteiger partial charge in [0.15, 0.2) is 0 Å². The van der Waals surface area contributed by atoms with Gasteiger partial charge >= 0.3 is 0 Å².